The van der Waals surface area contributed by atoms with E-state index in [1.807, 2.05) is 0 Å². The molecule has 1 aromatic carbocycles. The zero-order chi connectivity index (χ0) is 9.42. The van der Waals surface area contributed by atoms with Crippen LogP contribution in [0.15, 0.2) is 30.5 Å². The summed E-state index contributed by atoms with van der Waals surface area (Å²) in [5.74, 6) is -0.0655. The van der Waals surface area contributed by atoms with E-state index in [0.29, 0.717) is 15.7 Å². The molecule has 0 atom stereocenters. The molecular weight excluding hydrogens is 209 g/mol. The molecule has 13 heavy (non-hydrogen) atoms. The van der Waals surface area contributed by atoms with Gasteiger partial charge in [-0.1, -0.05) is 23.2 Å². The highest BCUT2D eigenvalue weighted by Crippen LogP contribution is 2.31. The SMILES string of the molecule is O=C1C=CN1c1ccc(Cl)cc1Cl. The van der Waals surface area contributed by atoms with Crippen LogP contribution in [0.1, 0.15) is 0 Å². The van der Waals surface area contributed by atoms with E-state index >= 15 is 0 Å². The van der Waals surface area contributed by atoms with E-state index in [9.17, 15) is 4.79 Å². The summed E-state index contributed by atoms with van der Waals surface area (Å²) < 4.78 is 0. The van der Waals surface area contributed by atoms with Crippen molar-refractivity contribution in [2.45, 2.75) is 0 Å². The van der Waals surface area contributed by atoms with Gasteiger partial charge in [0.25, 0.3) is 5.91 Å². The van der Waals surface area contributed by atoms with Gasteiger partial charge >= 0.3 is 0 Å². The molecule has 66 valence electrons. The zero-order valence-corrected chi connectivity index (χ0v) is 8.01. The Bertz CT molecular complexity index is 401. The lowest BCUT2D eigenvalue weighted by Gasteiger charge is -2.23. The highest BCUT2D eigenvalue weighted by Gasteiger charge is 2.20. The summed E-state index contributed by atoms with van der Waals surface area (Å²) in [7, 11) is 0. The Kier molecular flexibility index (Phi) is 2.02. The van der Waals surface area contributed by atoms with E-state index in [4.69, 9.17) is 23.2 Å². The van der Waals surface area contributed by atoms with Crippen LogP contribution in [0.4, 0.5) is 5.69 Å². The lowest BCUT2D eigenvalue weighted by Crippen LogP contribution is -2.30. The molecule has 1 aliphatic rings. The number of carbonyl (C=O) groups excluding carboxylic acids is 1. The van der Waals surface area contributed by atoms with Gasteiger partial charge in [-0.3, -0.25) is 9.69 Å². The van der Waals surface area contributed by atoms with Crippen molar-refractivity contribution in [2.75, 3.05) is 4.90 Å². The molecule has 0 saturated heterocycles. The minimum atomic E-state index is -0.0655. The van der Waals surface area contributed by atoms with Crippen LogP contribution in [0.5, 0.6) is 0 Å². The van der Waals surface area contributed by atoms with Crippen LogP contribution >= 0.6 is 23.2 Å². The van der Waals surface area contributed by atoms with Crippen molar-refractivity contribution >= 4 is 34.8 Å². The third-order valence-electron chi connectivity index (χ3n) is 1.77. The summed E-state index contributed by atoms with van der Waals surface area (Å²) in [6.07, 6.45) is 3.14. The first-order valence-corrected chi connectivity index (χ1v) is 4.40. The molecule has 0 N–H and O–H groups in total. The van der Waals surface area contributed by atoms with Crippen LogP contribution < -0.4 is 4.90 Å². The van der Waals surface area contributed by atoms with E-state index < -0.39 is 0 Å². The van der Waals surface area contributed by atoms with E-state index in [1.54, 1.807) is 24.4 Å². The fraction of sp³-hybridized carbons (Fsp3) is 0. The minimum Gasteiger partial charge on any atom is -0.283 e. The maximum Gasteiger partial charge on any atom is 0.256 e. The predicted octanol–water partition coefficient (Wildman–Crippen LogP) is 2.85. The van der Waals surface area contributed by atoms with Gasteiger partial charge in [0.05, 0.1) is 10.7 Å². The van der Waals surface area contributed by atoms with Crippen molar-refractivity contribution < 1.29 is 4.79 Å². The quantitative estimate of drug-likeness (QED) is 0.703. The van der Waals surface area contributed by atoms with Crippen LogP contribution in [0.3, 0.4) is 0 Å². The first-order valence-electron chi connectivity index (χ1n) is 3.65. The van der Waals surface area contributed by atoms with Crippen molar-refractivity contribution in [3.05, 3.63) is 40.5 Å². The fourth-order valence-electron chi connectivity index (χ4n) is 1.09. The number of halogens is 2. The van der Waals surface area contributed by atoms with E-state index in [0.717, 1.165) is 0 Å². The third kappa shape index (κ3) is 1.43. The van der Waals surface area contributed by atoms with Gasteiger partial charge in [0, 0.05) is 17.3 Å². The average Bonchev–Trinajstić information content (AvgIpc) is 2.07. The summed E-state index contributed by atoms with van der Waals surface area (Å²) in [5, 5.41) is 1.04. The van der Waals surface area contributed by atoms with Crippen molar-refractivity contribution in [2.24, 2.45) is 0 Å². The Labute approximate surface area is 85.4 Å². The Morgan fingerprint density at radius 3 is 2.46 bits per heavy atom. The molecule has 1 aliphatic heterocycles. The molecule has 0 radical (unpaired) electrons. The molecule has 1 amide bonds. The van der Waals surface area contributed by atoms with E-state index in [-0.39, 0.29) is 5.91 Å². The van der Waals surface area contributed by atoms with Gasteiger partial charge in [-0.05, 0) is 18.2 Å². The third-order valence-corrected chi connectivity index (χ3v) is 2.31. The molecule has 0 fully saturated rings. The Morgan fingerprint density at radius 1 is 1.23 bits per heavy atom. The average molecular weight is 214 g/mol. The molecule has 2 rings (SSSR count). The van der Waals surface area contributed by atoms with Crippen LogP contribution in [0.25, 0.3) is 0 Å². The van der Waals surface area contributed by atoms with Gasteiger partial charge in [-0.25, -0.2) is 0 Å². The number of nitrogens with zero attached hydrogens (tertiary/aromatic N) is 1. The Balaban J connectivity index is 2.41. The molecule has 0 aliphatic carbocycles. The minimum absolute atomic E-state index is 0.0655. The number of amides is 1. The van der Waals surface area contributed by atoms with Gasteiger partial charge < -0.3 is 0 Å². The van der Waals surface area contributed by atoms with E-state index in [1.165, 1.54) is 11.0 Å². The second kappa shape index (κ2) is 3.05. The molecule has 0 bridgehead atoms. The topological polar surface area (TPSA) is 20.3 Å². The maximum absolute atomic E-state index is 11.0. The molecule has 0 saturated carbocycles. The summed E-state index contributed by atoms with van der Waals surface area (Å²) in [6, 6.07) is 5.02. The van der Waals surface area contributed by atoms with Crippen LogP contribution in [0.2, 0.25) is 10.0 Å². The largest absolute Gasteiger partial charge is 0.283 e. The van der Waals surface area contributed by atoms with Gasteiger partial charge in [-0.15, -0.1) is 0 Å². The van der Waals surface area contributed by atoms with Gasteiger partial charge in [0.1, 0.15) is 0 Å². The van der Waals surface area contributed by atoms with Crippen LogP contribution in [-0.2, 0) is 4.79 Å². The van der Waals surface area contributed by atoms with Gasteiger partial charge in [-0.2, -0.15) is 0 Å². The van der Waals surface area contributed by atoms with Crippen molar-refractivity contribution in [1.82, 2.24) is 0 Å². The molecule has 2 nitrogen and oxygen atoms in total. The number of rotatable bonds is 1. The monoisotopic (exact) mass is 213 g/mol. The molecule has 1 aromatic rings. The number of anilines is 1. The van der Waals surface area contributed by atoms with Gasteiger partial charge in [0.2, 0.25) is 0 Å². The fourth-order valence-corrected chi connectivity index (χ4v) is 1.59. The highest BCUT2D eigenvalue weighted by molar-refractivity contribution is 6.37. The molecule has 0 unspecified atom stereocenters. The maximum atomic E-state index is 11.0. The number of carbonyl (C=O) groups is 1. The predicted molar refractivity (Wildman–Crippen MR) is 53.1 cm³/mol. The first kappa shape index (κ1) is 8.60. The molecule has 0 spiro atoms. The van der Waals surface area contributed by atoms with Crippen molar-refractivity contribution in [3.8, 4) is 0 Å². The smallest absolute Gasteiger partial charge is 0.256 e. The van der Waals surface area contributed by atoms with Crippen molar-refractivity contribution in [1.29, 1.82) is 0 Å². The first-order chi connectivity index (χ1) is 6.18. The number of hydrogen-bond donors (Lipinski definition) is 0. The highest BCUT2D eigenvalue weighted by atomic mass is 35.5. The zero-order valence-electron chi connectivity index (χ0n) is 6.50. The second-order valence-corrected chi connectivity index (χ2v) is 3.46. The molecule has 1 heterocycles. The Hall–Kier alpha value is -0.990. The van der Waals surface area contributed by atoms with Crippen molar-refractivity contribution in [3.63, 3.8) is 0 Å². The van der Waals surface area contributed by atoms with E-state index in [2.05, 4.69) is 0 Å². The number of hydrogen-bond acceptors (Lipinski definition) is 1. The Morgan fingerprint density at radius 2 is 2.00 bits per heavy atom. The standard InChI is InChI=1S/C9H5Cl2NO/c10-6-1-2-8(7(11)5-6)12-4-3-9(12)13/h1-5H. The molecular formula is C9H5Cl2NO. The summed E-state index contributed by atoms with van der Waals surface area (Å²) in [4.78, 5) is 12.5. The lowest BCUT2D eigenvalue weighted by molar-refractivity contribution is -0.114. The lowest BCUT2D eigenvalue weighted by atomic mass is 10.2. The normalized spacial score (nSPS) is 14.6. The summed E-state index contributed by atoms with van der Waals surface area (Å²) in [6.45, 7) is 0. The molecule has 0 aromatic heterocycles. The second-order valence-electron chi connectivity index (χ2n) is 2.62. The van der Waals surface area contributed by atoms with Crippen LogP contribution in [-0.4, -0.2) is 5.91 Å². The number of benzene rings is 1. The summed E-state index contributed by atoms with van der Waals surface area (Å²) in [5.41, 5.74) is 0.665. The summed E-state index contributed by atoms with van der Waals surface area (Å²) >= 11 is 11.6. The van der Waals surface area contributed by atoms with Crippen LogP contribution in [0, 0.1) is 0 Å². The van der Waals surface area contributed by atoms with Gasteiger partial charge in [0.15, 0.2) is 0 Å². The molecule has 4 heteroatoms.